The molecule has 23 heavy (non-hydrogen) atoms. The first-order chi connectivity index (χ1) is 10.9. The molecule has 1 heterocycles. The van der Waals surface area contributed by atoms with Crippen LogP contribution < -0.4 is 10.4 Å². The molecule has 0 radical (unpaired) electrons. The van der Waals surface area contributed by atoms with Gasteiger partial charge in [0, 0.05) is 14.9 Å². The minimum Gasteiger partial charge on any atom is -0.422 e. The van der Waals surface area contributed by atoms with Crippen LogP contribution in [0.15, 0.2) is 56.1 Å². The Kier molecular flexibility index (Phi) is 4.43. The van der Waals surface area contributed by atoms with Gasteiger partial charge in [0.2, 0.25) is 0 Å². The molecule has 0 spiro atoms. The zero-order valence-corrected chi connectivity index (χ0v) is 14.4. The maximum absolute atomic E-state index is 12.2. The molecule has 116 valence electrons. The Balaban J connectivity index is 2.00. The van der Waals surface area contributed by atoms with E-state index in [4.69, 9.17) is 32.4 Å². The number of carbonyl (C=O) groups excluding carboxylic acids is 1. The SMILES string of the molecule is O=C(Oc1ccc(Cl)cc1Cl)c1cc2cc(Br)ccc2oc1=O. The van der Waals surface area contributed by atoms with Gasteiger partial charge in [0.05, 0.1) is 5.02 Å². The molecule has 0 atom stereocenters. The van der Waals surface area contributed by atoms with E-state index in [1.165, 1.54) is 24.3 Å². The van der Waals surface area contributed by atoms with E-state index in [2.05, 4.69) is 15.9 Å². The second-order valence-electron chi connectivity index (χ2n) is 4.59. The van der Waals surface area contributed by atoms with Crippen molar-refractivity contribution in [3.8, 4) is 5.75 Å². The second kappa shape index (κ2) is 6.35. The van der Waals surface area contributed by atoms with Gasteiger partial charge in [-0.2, -0.15) is 0 Å². The maximum atomic E-state index is 12.2. The van der Waals surface area contributed by atoms with Crippen LogP contribution in [-0.4, -0.2) is 5.97 Å². The van der Waals surface area contributed by atoms with Crippen LogP contribution in [0.1, 0.15) is 10.4 Å². The van der Waals surface area contributed by atoms with Crippen LogP contribution >= 0.6 is 39.1 Å². The van der Waals surface area contributed by atoms with E-state index in [1.54, 1.807) is 18.2 Å². The van der Waals surface area contributed by atoms with Crippen molar-refractivity contribution in [2.24, 2.45) is 0 Å². The first kappa shape index (κ1) is 16.1. The molecule has 3 rings (SSSR count). The summed E-state index contributed by atoms with van der Waals surface area (Å²) in [7, 11) is 0. The quantitative estimate of drug-likeness (QED) is 0.334. The molecule has 1 aromatic heterocycles. The van der Waals surface area contributed by atoms with Gasteiger partial charge in [0.15, 0.2) is 0 Å². The monoisotopic (exact) mass is 412 g/mol. The van der Waals surface area contributed by atoms with Crippen molar-refractivity contribution < 1.29 is 13.9 Å². The smallest absolute Gasteiger partial charge is 0.351 e. The fourth-order valence-corrected chi connectivity index (χ4v) is 2.78. The highest BCUT2D eigenvalue weighted by Crippen LogP contribution is 2.28. The molecule has 3 aromatic rings. The fourth-order valence-electron chi connectivity index (χ4n) is 1.95. The highest BCUT2D eigenvalue weighted by Gasteiger charge is 2.17. The average Bonchev–Trinajstić information content (AvgIpc) is 2.49. The zero-order chi connectivity index (χ0) is 16.6. The third kappa shape index (κ3) is 3.42. The van der Waals surface area contributed by atoms with Crippen molar-refractivity contribution in [3.63, 3.8) is 0 Å². The van der Waals surface area contributed by atoms with Crippen LogP contribution in [0.4, 0.5) is 0 Å². The summed E-state index contributed by atoms with van der Waals surface area (Å²) in [6, 6.07) is 10.9. The number of halogens is 3. The van der Waals surface area contributed by atoms with Gasteiger partial charge in [-0.25, -0.2) is 9.59 Å². The predicted molar refractivity (Wildman–Crippen MR) is 91.6 cm³/mol. The molecule has 0 unspecified atom stereocenters. The average molecular weight is 414 g/mol. The van der Waals surface area contributed by atoms with E-state index in [0.29, 0.717) is 16.0 Å². The van der Waals surface area contributed by atoms with Crippen LogP contribution in [0.2, 0.25) is 10.0 Å². The van der Waals surface area contributed by atoms with Gasteiger partial charge in [-0.15, -0.1) is 0 Å². The van der Waals surface area contributed by atoms with Crippen LogP contribution in [0.5, 0.6) is 5.75 Å². The summed E-state index contributed by atoms with van der Waals surface area (Å²) in [6.45, 7) is 0. The molecule has 0 aliphatic rings. The summed E-state index contributed by atoms with van der Waals surface area (Å²) in [6.07, 6.45) is 0. The number of esters is 1. The third-order valence-corrected chi connectivity index (χ3v) is 4.03. The van der Waals surface area contributed by atoms with Crippen LogP contribution in [0.3, 0.4) is 0 Å². The standard InChI is InChI=1S/C16H7BrCl2O4/c17-9-1-3-13-8(5-9)6-11(15(20)22-13)16(21)23-14-4-2-10(18)7-12(14)19/h1-7H. The molecule has 0 aliphatic heterocycles. The Morgan fingerprint density at radius 2 is 1.87 bits per heavy atom. The summed E-state index contributed by atoms with van der Waals surface area (Å²) >= 11 is 15.0. The molecule has 0 bridgehead atoms. The fraction of sp³-hybridized carbons (Fsp3) is 0. The molecular weight excluding hydrogens is 407 g/mol. The summed E-state index contributed by atoms with van der Waals surface area (Å²) in [5.74, 6) is -0.750. The molecule has 4 nitrogen and oxygen atoms in total. The summed E-state index contributed by atoms with van der Waals surface area (Å²) in [5.41, 5.74) is -0.629. The Labute approximate surface area is 148 Å². The molecular formula is C16H7BrCl2O4. The number of fused-ring (bicyclic) bond motifs is 1. The molecule has 7 heteroatoms. The zero-order valence-electron chi connectivity index (χ0n) is 11.3. The van der Waals surface area contributed by atoms with Crippen molar-refractivity contribution in [2.45, 2.75) is 0 Å². The largest absolute Gasteiger partial charge is 0.422 e. The number of carbonyl (C=O) groups is 1. The highest BCUT2D eigenvalue weighted by atomic mass is 79.9. The van der Waals surface area contributed by atoms with Crippen molar-refractivity contribution in [1.29, 1.82) is 0 Å². The van der Waals surface area contributed by atoms with Crippen molar-refractivity contribution in [2.75, 3.05) is 0 Å². The summed E-state index contributed by atoms with van der Waals surface area (Å²) in [5, 5.41) is 1.16. The van der Waals surface area contributed by atoms with E-state index >= 15 is 0 Å². The van der Waals surface area contributed by atoms with Gasteiger partial charge in [-0.1, -0.05) is 39.1 Å². The van der Waals surface area contributed by atoms with Crippen LogP contribution in [0.25, 0.3) is 11.0 Å². The minimum absolute atomic E-state index is 0.106. The highest BCUT2D eigenvalue weighted by molar-refractivity contribution is 9.10. The second-order valence-corrected chi connectivity index (χ2v) is 6.35. The maximum Gasteiger partial charge on any atom is 0.351 e. The molecule has 2 aromatic carbocycles. The van der Waals surface area contributed by atoms with E-state index in [-0.39, 0.29) is 16.3 Å². The van der Waals surface area contributed by atoms with Crippen LogP contribution in [0, 0.1) is 0 Å². The lowest BCUT2D eigenvalue weighted by molar-refractivity contribution is 0.0730. The number of hydrogen-bond donors (Lipinski definition) is 0. The third-order valence-electron chi connectivity index (χ3n) is 3.01. The van der Waals surface area contributed by atoms with Crippen molar-refractivity contribution in [1.82, 2.24) is 0 Å². The van der Waals surface area contributed by atoms with Gasteiger partial charge in [-0.3, -0.25) is 0 Å². The lowest BCUT2D eigenvalue weighted by atomic mass is 10.2. The minimum atomic E-state index is -0.857. The van der Waals surface area contributed by atoms with Gasteiger partial charge in [0.1, 0.15) is 16.9 Å². The Morgan fingerprint density at radius 3 is 2.61 bits per heavy atom. The molecule has 0 fully saturated rings. The topological polar surface area (TPSA) is 56.5 Å². The normalized spacial score (nSPS) is 10.7. The van der Waals surface area contributed by atoms with E-state index in [0.717, 1.165) is 4.47 Å². The molecule has 0 N–H and O–H groups in total. The Morgan fingerprint density at radius 1 is 1.09 bits per heavy atom. The first-order valence-electron chi connectivity index (χ1n) is 6.35. The Bertz CT molecular complexity index is 981. The van der Waals surface area contributed by atoms with Gasteiger partial charge in [-0.05, 0) is 42.5 Å². The molecule has 0 saturated heterocycles. The van der Waals surface area contributed by atoms with Crippen molar-refractivity contribution in [3.05, 3.63) is 73.0 Å². The number of ether oxygens (including phenoxy) is 1. The van der Waals surface area contributed by atoms with E-state index < -0.39 is 11.6 Å². The van der Waals surface area contributed by atoms with Crippen molar-refractivity contribution >= 4 is 56.1 Å². The number of benzene rings is 2. The summed E-state index contributed by atoms with van der Waals surface area (Å²) in [4.78, 5) is 24.2. The van der Waals surface area contributed by atoms with E-state index in [9.17, 15) is 9.59 Å². The van der Waals surface area contributed by atoms with E-state index in [1.807, 2.05) is 0 Å². The van der Waals surface area contributed by atoms with Gasteiger partial charge < -0.3 is 9.15 Å². The predicted octanol–water partition coefficient (Wildman–Crippen LogP) is 5.08. The first-order valence-corrected chi connectivity index (χ1v) is 7.89. The summed E-state index contributed by atoms with van der Waals surface area (Å²) < 4.78 is 11.1. The molecule has 0 aliphatic carbocycles. The molecule has 0 amide bonds. The number of rotatable bonds is 2. The lowest BCUT2D eigenvalue weighted by Gasteiger charge is -2.06. The van der Waals surface area contributed by atoms with Crippen LogP contribution in [-0.2, 0) is 0 Å². The van der Waals surface area contributed by atoms with Gasteiger partial charge in [0.25, 0.3) is 0 Å². The number of hydrogen-bond acceptors (Lipinski definition) is 4. The lowest BCUT2D eigenvalue weighted by Crippen LogP contribution is -2.18. The molecule has 0 saturated carbocycles. The van der Waals surface area contributed by atoms with Gasteiger partial charge >= 0.3 is 11.6 Å². The Hall–Kier alpha value is -1.82.